The summed E-state index contributed by atoms with van der Waals surface area (Å²) in [4.78, 5) is 13.9. The number of urea groups is 1. The molecule has 104 valence electrons. The normalized spacial score (nSPS) is 29.1. The van der Waals surface area contributed by atoms with Crippen LogP contribution in [0.15, 0.2) is 0 Å². The Morgan fingerprint density at radius 2 is 1.94 bits per heavy atom. The molecule has 2 rings (SSSR count). The first-order valence-electron chi connectivity index (χ1n) is 7.22. The zero-order chi connectivity index (χ0) is 13.2. The molecular formula is C14H26N2O2. The minimum atomic E-state index is -0.414. The monoisotopic (exact) mass is 254 g/mol. The third-order valence-corrected chi connectivity index (χ3v) is 4.54. The lowest BCUT2D eigenvalue weighted by Crippen LogP contribution is -2.54. The average Bonchev–Trinajstić information content (AvgIpc) is 2.34. The van der Waals surface area contributed by atoms with E-state index >= 15 is 0 Å². The number of aliphatic hydroxyl groups is 1. The van der Waals surface area contributed by atoms with Crippen LogP contribution in [0.3, 0.4) is 0 Å². The van der Waals surface area contributed by atoms with E-state index in [0.717, 1.165) is 25.8 Å². The van der Waals surface area contributed by atoms with E-state index in [1.54, 1.807) is 4.90 Å². The Kier molecular flexibility index (Phi) is 4.15. The lowest BCUT2D eigenvalue weighted by Gasteiger charge is -2.41. The average molecular weight is 254 g/mol. The number of likely N-dealkylation sites (tertiary alicyclic amines) is 1. The van der Waals surface area contributed by atoms with E-state index in [9.17, 15) is 9.90 Å². The highest BCUT2D eigenvalue weighted by Crippen LogP contribution is 2.30. The van der Waals surface area contributed by atoms with Crippen molar-refractivity contribution >= 4 is 6.03 Å². The highest BCUT2D eigenvalue weighted by molar-refractivity contribution is 5.74. The summed E-state index contributed by atoms with van der Waals surface area (Å²) >= 11 is 0. The Balaban J connectivity index is 1.82. The van der Waals surface area contributed by atoms with Gasteiger partial charge in [0, 0.05) is 19.1 Å². The van der Waals surface area contributed by atoms with E-state index in [1.165, 1.54) is 19.3 Å². The number of carbonyl (C=O) groups excluding carboxylic acids is 1. The number of hydrogen-bond donors (Lipinski definition) is 2. The summed E-state index contributed by atoms with van der Waals surface area (Å²) in [5, 5.41) is 13.2. The molecule has 0 aromatic rings. The first-order chi connectivity index (χ1) is 8.49. The van der Waals surface area contributed by atoms with Crippen molar-refractivity contribution in [1.82, 2.24) is 10.2 Å². The molecule has 2 aliphatic rings. The number of nitrogens with zero attached hydrogens (tertiary/aromatic N) is 1. The molecular weight excluding hydrogens is 228 g/mol. The van der Waals surface area contributed by atoms with Crippen LogP contribution < -0.4 is 5.32 Å². The molecule has 1 heterocycles. The van der Waals surface area contributed by atoms with E-state index in [1.807, 2.05) is 0 Å². The van der Waals surface area contributed by atoms with Crippen LogP contribution in [0.1, 0.15) is 52.4 Å². The quantitative estimate of drug-likeness (QED) is 0.753. The molecule has 2 N–H and O–H groups in total. The lowest BCUT2D eigenvalue weighted by atomic mass is 9.80. The Hall–Kier alpha value is -0.770. The van der Waals surface area contributed by atoms with Crippen molar-refractivity contribution in [3.05, 3.63) is 0 Å². The molecule has 2 fully saturated rings. The fourth-order valence-electron chi connectivity index (χ4n) is 2.83. The molecule has 18 heavy (non-hydrogen) atoms. The number of hydrogen-bond acceptors (Lipinski definition) is 2. The summed E-state index contributed by atoms with van der Waals surface area (Å²) in [5.41, 5.74) is -0.0678. The molecule has 4 nitrogen and oxygen atoms in total. The van der Waals surface area contributed by atoms with Gasteiger partial charge in [-0.15, -0.1) is 0 Å². The van der Waals surface area contributed by atoms with Gasteiger partial charge in [0.25, 0.3) is 0 Å². The molecule has 2 amide bonds. The van der Waals surface area contributed by atoms with Crippen LogP contribution in [0.4, 0.5) is 4.79 Å². The van der Waals surface area contributed by atoms with Crippen molar-refractivity contribution in [3.8, 4) is 0 Å². The molecule has 1 atom stereocenters. The van der Waals surface area contributed by atoms with Gasteiger partial charge in [-0.2, -0.15) is 0 Å². The molecule has 0 aromatic carbocycles. The summed E-state index contributed by atoms with van der Waals surface area (Å²) in [7, 11) is 0. The molecule has 0 spiro atoms. The van der Waals surface area contributed by atoms with Crippen LogP contribution in [-0.2, 0) is 0 Å². The Bertz CT molecular complexity index is 298. The van der Waals surface area contributed by atoms with Gasteiger partial charge in [-0.25, -0.2) is 4.79 Å². The summed E-state index contributed by atoms with van der Waals surface area (Å²) in [5.74, 6) is 0. The van der Waals surface area contributed by atoms with Crippen molar-refractivity contribution in [2.24, 2.45) is 5.41 Å². The van der Waals surface area contributed by atoms with Crippen molar-refractivity contribution in [1.29, 1.82) is 0 Å². The van der Waals surface area contributed by atoms with Gasteiger partial charge in [0.1, 0.15) is 0 Å². The van der Waals surface area contributed by atoms with Crippen molar-refractivity contribution in [3.63, 3.8) is 0 Å². The summed E-state index contributed by atoms with van der Waals surface area (Å²) < 4.78 is 0. The van der Waals surface area contributed by atoms with Gasteiger partial charge >= 0.3 is 6.03 Å². The van der Waals surface area contributed by atoms with Crippen LogP contribution in [0.25, 0.3) is 0 Å². The second kappa shape index (κ2) is 5.47. The molecule has 4 heteroatoms. The number of rotatable bonds is 1. The maximum absolute atomic E-state index is 12.1. The molecule has 1 saturated carbocycles. The van der Waals surface area contributed by atoms with Gasteiger partial charge in [-0.1, -0.05) is 33.1 Å². The van der Waals surface area contributed by atoms with Gasteiger partial charge in [0.05, 0.1) is 6.10 Å². The fraction of sp³-hybridized carbons (Fsp3) is 0.929. The standard InChI is InChI=1S/C14H26N2O2/c1-14(2)8-9-16(10-12(14)17)13(18)15-11-6-4-3-5-7-11/h11-12,17H,3-10H2,1-2H3,(H,15,18). The number of β-amino-alcohol motifs (C(OH)–C–C–N with tert-alkyl or cyclic N) is 1. The van der Waals surface area contributed by atoms with E-state index < -0.39 is 6.10 Å². The largest absolute Gasteiger partial charge is 0.391 e. The Morgan fingerprint density at radius 1 is 1.28 bits per heavy atom. The predicted octanol–water partition coefficient (Wildman–Crippen LogP) is 2.12. The predicted molar refractivity (Wildman–Crippen MR) is 71.4 cm³/mol. The van der Waals surface area contributed by atoms with Crippen molar-refractivity contribution in [2.45, 2.75) is 64.5 Å². The molecule has 0 radical (unpaired) electrons. The van der Waals surface area contributed by atoms with E-state index in [2.05, 4.69) is 19.2 Å². The highest BCUT2D eigenvalue weighted by atomic mass is 16.3. The SMILES string of the molecule is CC1(C)CCN(C(=O)NC2CCCCC2)CC1O. The highest BCUT2D eigenvalue weighted by Gasteiger charge is 2.36. The molecule has 1 aliphatic heterocycles. The zero-order valence-electron chi connectivity index (χ0n) is 11.6. The first-order valence-corrected chi connectivity index (χ1v) is 7.22. The molecule has 1 saturated heterocycles. The lowest BCUT2D eigenvalue weighted by molar-refractivity contribution is -0.0125. The molecule has 1 unspecified atom stereocenters. The molecule has 0 bridgehead atoms. The van der Waals surface area contributed by atoms with Crippen LogP contribution >= 0.6 is 0 Å². The fourth-order valence-corrected chi connectivity index (χ4v) is 2.83. The summed E-state index contributed by atoms with van der Waals surface area (Å²) in [6.45, 7) is 5.34. The third kappa shape index (κ3) is 3.16. The van der Waals surface area contributed by atoms with E-state index in [0.29, 0.717) is 12.6 Å². The number of amides is 2. The second-order valence-corrected chi connectivity index (χ2v) is 6.48. The van der Waals surface area contributed by atoms with Gasteiger partial charge in [-0.05, 0) is 24.7 Å². The van der Waals surface area contributed by atoms with Crippen molar-refractivity contribution in [2.75, 3.05) is 13.1 Å². The minimum absolute atomic E-state index is 0.0106. The van der Waals surface area contributed by atoms with Gasteiger partial charge in [-0.3, -0.25) is 0 Å². The number of carbonyl (C=O) groups is 1. The maximum atomic E-state index is 12.1. The van der Waals surface area contributed by atoms with Crippen LogP contribution in [-0.4, -0.2) is 41.3 Å². The van der Waals surface area contributed by atoms with E-state index in [-0.39, 0.29) is 11.4 Å². The Morgan fingerprint density at radius 3 is 2.56 bits per heavy atom. The summed E-state index contributed by atoms with van der Waals surface area (Å²) in [6.07, 6.45) is 6.40. The van der Waals surface area contributed by atoms with Gasteiger partial charge < -0.3 is 15.3 Å². The smallest absolute Gasteiger partial charge is 0.317 e. The minimum Gasteiger partial charge on any atom is -0.391 e. The second-order valence-electron chi connectivity index (χ2n) is 6.48. The number of piperidine rings is 1. The number of aliphatic hydroxyl groups excluding tert-OH is 1. The zero-order valence-corrected chi connectivity index (χ0v) is 11.6. The van der Waals surface area contributed by atoms with Crippen molar-refractivity contribution < 1.29 is 9.90 Å². The van der Waals surface area contributed by atoms with Crippen LogP contribution in [0.5, 0.6) is 0 Å². The Labute approximate surface area is 110 Å². The van der Waals surface area contributed by atoms with Gasteiger partial charge in [0.2, 0.25) is 0 Å². The molecule has 1 aliphatic carbocycles. The first kappa shape index (κ1) is 13.7. The van der Waals surface area contributed by atoms with Crippen LogP contribution in [0.2, 0.25) is 0 Å². The topological polar surface area (TPSA) is 52.6 Å². The maximum Gasteiger partial charge on any atom is 0.317 e. The third-order valence-electron chi connectivity index (χ3n) is 4.54. The summed E-state index contributed by atoms with van der Waals surface area (Å²) in [6, 6.07) is 0.356. The van der Waals surface area contributed by atoms with Gasteiger partial charge in [0.15, 0.2) is 0 Å². The molecule has 0 aromatic heterocycles. The number of nitrogens with one attached hydrogen (secondary N) is 1. The van der Waals surface area contributed by atoms with E-state index in [4.69, 9.17) is 0 Å². The van der Waals surface area contributed by atoms with Crippen LogP contribution in [0, 0.1) is 5.41 Å².